The van der Waals surface area contributed by atoms with Crippen molar-refractivity contribution in [2.45, 2.75) is 38.0 Å². The summed E-state index contributed by atoms with van der Waals surface area (Å²) < 4.78 is 8.47. The van der Waals surface area contributed by atoms with Gasteiger partial charge in [0.2, 0.25) is 0 Å². The molecule has 1 aromatic heterocycles. The fourth-order valence-electron chi connectivity index (χ4n) is 3.71. The number of hydrogen-bond acceptors (Lipinski definition) is 2. The first-order chi connectivity index (χ1) is 11.8. The summed E-state index contributed by atoms with van der Waals surface area (Å²) in [4.78, 5) is 0. The molecule has 0 aliphatic carbocycles. The zero-order valence-corrected chi connectivity index (χ0v) is 14.2. The molecule has 122 valence electrons. The summed E-state index contributed by atoms with van der Waals surface area (Å²) in [7, 11) is 0. The maximum atomic E-state index is 8.83. The summed E-state index contributed by atoms with van der Waals surface area (Å²) in [5.41, 5.74) is 3.60. The number of ether oxygens (including phenoxy) is 1. The highest BCUT2D eigenvalue weighted by Gasteiger charge is 2.28. The second-order valence-electron chi connectivity index (χ2n) is 6.34. The highest BCUT2D eigenvalue weighted by Crippen LogP contribution is 2.38. The van der Waals surface area contributed by atoms with E-state index in [4.69, 9.17) is 21.6 Å². The van der Waals surface area contributed by atoms with Crippen molar-refractivity contribution in [1.82, 2.24) is 4.57 Å². The second kappa shape index (κ2) is 6.47. The molecule has 3 nitrogen and oxygen atoms in total. The van der Waals surface area contributed by atoms with Crippen LogP contribution in [-0.4, -0.2) is 16.6 Å². The number of aromatic nitrogens is 1. The molecule has 0 saturated carbocycles. The third kappa shape index (κ3) is 2.56. The van der Waals surface area contributed by atoms with Crippen molar-refractivity contribution in [1.29, 1.82) is 5.26 Å². The second-order valence-corrected chi connectivity index (χ2v) is 6.65. The predicted octanol–water partition coefficient (Wildman–Crippen LogP) is 5.17. The van der Waals surface area contributed by atoms with Crippen LogP contribution < -0.4 is 0 Å². The third-order valence-electron chi connectivity index (χ3n) is 4.84. The molecule has 0 N–H and O–H groups in total. The summed E-state index contributed by atoms with van der Waals surface area (Å²) in [6.07, 6.45) is 3.51. The average Bonchev–Trinajstić information content (AvgIpc) is 3.21. The van der Waals surface area contributed by atoms with Crippen LogP contribution in [0.15, 0.2) is 42.5 Å². The van der Waals surface area contributed by atoms with Gasteiger partial charge in [-0.25, -0.2) is 0 Å². The van der Waals surface area contributed by atoms with Gasteiger partial charge in [-0.2, -0.15) is 5.26 Å². The molecule has 2 unspecified atom stereocenters. The van der Waals surface area contributed by atoms with Gasteiger partial charge in [0.25, 0.3) is 0 Å². The molecule has 3 aromatic rings. The lowest BCUT2D eigenvalue weighted by Gasteiger charge is -2.17. The van der Waals surface area contributed by atoms with Crippen LogP contribution in [0.4, 0.5) is 0 Å². The maximum absolute atomic E-state index is 8.83. The molecular weight excluding hydrogens is 320 g/mol. The first-order valence-electron chi connectivity index (χ1n) is 8.41. The Morgan fingerprint density at radius 2 is 1.96 bits per heavy atom. The molecule has 4 heteroatoms. The van der Waals surface area contributed by atoms with Crippen LogP contribution in [0.2, 0.25) is 0 Å². The van der Waals surface area contributed by atoms with Crippen LogP contribution >= 0.6 is 11.6 Å². The van der Waals surface area contributed by atoms with Crippen molar-refractivity contribution in [3.05, 3.63) is 48.0 Å². The van der Waals surface area contributed by atoms with Crippen molar-refractivity contribution >= 4 is 33.4 Å². The van der Waals surface area contributed by atoms with Gasteiger partial charge in [0, 0.05) is 23.1 Å². The van der Waals surface area contributed by atoms with E-state index in [0.717, 1.165) is 19.3 Å². The van der Waals surface area contributed by atoms with Gasteiger partial charge in [-0.05, 0) is 43.0 Å². The van der Waals surface area contributed by atoms with Crippen molar-refractivity contribution in [3.63, 3.8) is 0 Å². The molecular formula is C20H19ClN2O. The zero-order valence-electron chi connectivity index (χ0n) is 13.4. The van der Waals surface area contributed by atoms with Gasteiger partial charge in [0.15, 0.2) is 0 Å². The maximum Gasteiger partial charge on any atom is 0.135 e. The largest absolute Gasteiger partial charge is 0.354 e. The molecule has 2 atom stereocenters. The topological polar surface area (TPSA) is 38.0 Å². The van der Waals surface area contributed by atoms with Gasteiger partial charge < -0.3 is 9.30 Å². The van der Waals surface area contributed by atoms with E-state index in [1.165, 1.54) is 27.4 Å². The van der Waals surface area contributed by atoms with Crippen LogP contribution in [0.1, 0.15) is 31.1 Å². The summed E-state index contributed by atoms with van der Waals surface area (Å²) >= 11 is 5.98. The average molecular weight is 339 g/mol. The van der Waals surface area contributed by atoms with E-state index in [-0.39, 0.29) is 12.3 Å². The lowest BCUT2D eigenvalue weighted by atomic mass is 10.1. The van der Waals surface area contributed by atoms with Crippen LogP contribution in [-0.2, 0) is 11.2 Å². The zero-order chi connectivity index (χ0) is 16.5. The number of alkyl halides is 1. The van der Waals surface area contributed by atoms with E-state index < -0.39 is 0 Å². The van der Waals surface area contributed by atoms with Crippen molar-refractivity contribution in [2.24, 2.45) is 0 Å². The molecule has 1 fully saturated rings. The number of para-hydroxylation sites is 1. The van der Waals surface area contributed by atoms with E-state index in [0.29, 0.717) is 12.3 Å². The molecule has 0 spiro atoms. The lowest BCUT2D eigenvalue weighted by molar-refractivity contribution is 0.0179. The number of aryl methyl sites for hydroxylation is 1. The molecule has 0 amide bonds. The molecule has 24 heavy (non-hydrogen) atoms. The molecule has 1 saturated heterocycles. The van der Waals surface area contributed by atoms with E-state index >= 15 is 0 Å². The van der Waals surface area contributed by atoms with Crippen molar-refractivity contribution in [3.8, 4) is 6.07 Å². The molecule has 2 heterocycles. The van der Waals surface area contributed by atoms with Gasteiger partial charge in [-0.3, -0.25) is 0 Å². The normalized spacial score (nSPS) is 20.7. The summed E-state index contributed by atoms with van der Waals surface area (Å²) in [5.74, 6) is 0.548. The summed E-state index contributed by atoms with van der Waals surface area (Å²) in [5, 5.41) is 11.3. The highest BCUT2D eigenvalue weighted by atomic mass is 35.5. The summed E-state index contributed by atoms with van der Waals surface area (Å²) in [6.45, 7) is 0. The van der Waals surface area contributed by atoms with Crippen LogP contribution in [0.5, 0.6) is 0 Å². The fourth-order valence-corrected chi connectivity index (χ4v) is 3.93. The Hall–Kier alpha value is -2.02. The van der Waals surface area contributed by atoms with Crippen LogP contribution in [0, 0.1) is 11.3 Å². The Bertz CT molecular complexity index is 924. The third-order valence-corrected chi connectivity index (χ3v) is 5.19. The Labute approximate surface area is 146 Å². The number of halogens is 1. The number of nitrogens with zero attached hydrogens (tertiary/aromatic N) is 2. The fraction of sp³-hybridized carbons (Fsp3) is 0.350. The smallest absolute Gasteiger partial charge is 0.135 e. The van der Waals surface area contributed by atoms with Crippen molar-refractivity contribution in [2.75, 3.05) is 5.88 Å². The molecule has 0 radical (unpaired) electrons. The predicted molar refractivity (Wildman–Crippen MR) is 97.2 cm³/mol. The van der Waals surface area contributed by atoms with Gasteiger partial charge >= 0.3 is 0 Å². The minimum absolute atomic E-state index is 0.0427. The number of rotatable bonds is 4. The standard InChI is InChI=1S/C20H19ClN2O/c21-13-15-8-10-20(24-15)23-18-6-2-1-5-16(18)17-12-14(4-3-11-22)7-9-19(17)23/h1-2,5-7,9,12,15,20H,3-4,8,10,13H2. The van der Waals surface area contributed by atoms with Crippen LogP contribution in [0.25, 0.3) is 21.8 Å². The number of fused-ring (bicyclic) bond motifs is 3. The van der Waals surface area contributed by atoms with Crippen molar-refractivity contribution < 1.29 is 4.74 Å². The first kappa shape index (κ1) is 15.5. The van der Waals surface area contributed by atoms with E-state index in [2.05, 4.69) is 53.1 Å². The van der Waals surface area contributed by atoms with Gasteiger partial charge in [0.05, 0.1) is 23.2 Å². The molecule has 4 rings (SSSR count). The molecule has 1 aliphatic heterocycles. The minimum Gasteiger partial charge on any atom is -0.354 e. The number of hydrogen-bond donors (Lipinski definition) is 0. The quantitative estimate of drug-likeness (QED) is 0.616. The van der Waals surface area contributed by atoms with E-state index in [1.54, 1.807) is 0 Å². The Morgan fingerprint density at radius 1 is 1.12 bits per heavy atom. The van der Waals surface area contributed by atoms with E-state index in [1.807, 2.05) is 0 Å². The minimum atomic E-state index is 0.0427. The van der Waals surface area contributed by atoms with Gasteiger partial charge in [-0.15, -0.1) is 11.6 Å². The lowest BCUT2D eigenvalue weighted by Crippen LogP contribution is -2.12. The highest BCUT2D eigenvalue weighted by molar-refractivity contribution is 6.18. The number of nitriles is 1. The molecule has 2 aromatic carbocycles. The van der Waals surface area contributed by atoms with Gasteiger partial charge in [-0.1, -0.05) is 24.3 Å². The molecule has 0 bridgehead atoms. The van der Waals surface area contributed by atoms with Crippen LogP contribution in [0.3, 0.4) is 0 Å². The number of benzene rings is 2. The van der Waals surface area contributed by atoms with Gasteiger partial charge in [0.1, 0.15) is 6.23 Å². The Kier molecular flexibility index (Phi) is 4.18. The Morgan fingerprint density at radius 3 is 2.75 bits per heavy atom. The Balaban J connectivity index is 1.87. The SMILES string of the molecule is N#CCCc1ccc2c(c1)c1ccccc1n2C1CCC(CCl)O1. The monoisotopic (exact) mass is 338 g/mol. The molecule has 1 aliphatic rings. The van der Waals surface area contributed by atoms with E-state index in [9.17, 15) is 0 Å². The first-order valence-corrected chi connectivity index (χ1v) is 8.95. The summed E-state index contributed by atoms with van der Waals surface area (Å²) in [6, 6.07) is 17.2.